The van der Waals surface area contributed by atoms with Crippen molar-refractivity contribution in [1.82, 2.24) is 4.98 Å². The number of aromatic hydroxyl groups is 1. The lowest BCUT2D eigenvalue weighted by Crippen LogP contribution is -1.92. The van der Waals surface area contributed by atoms with Gasteiger partial charge in [0.05, 0.1) is 7.11 Å². The molecular formula is C20H15NO4. The van der Waals surface area contributed by atoms with E-state index in [-0.39, 0.29) is 12.5 Å². The predicted octanol–water partition coefficient (Wildman–Crippen LogP) is 4.43. The number of H-pyrrole nitrogens is 1. The van der Waals surface area contributed by atoms with E-state index in [4.69, 9.17) is 14.2 Å². The summed E-state index contributed by atoms with van der Waals surface area (Å²) in [7, 11) is 1.63. The van der Waals surface area contributed by atoms with Gasteiger partial charge in [-0.1, -0.05) is 12.1 Å². The Balaban J connectivity index is 1.84. The first-order valence-corrected chi connectivity index (χ1v) is 7.95. The van der Waals surface area contributed by atoms with Gasteiger partial charge < -0.3 is 24.3 Å². The summed E-state index contributed by atoms with van der Waals surface area (Å²) in [5, 5.41) is 13.5. The summed E-state index contributed by atoms with van der Waals surface area (Å²) in [5.41, 5.74) is 2.60. The average Bonchev–Trinajstić information content (AvgIpc) is 3.25. The van der Waals surface area contributed by atoms with Gasteiger partial charge in [0, 0.05) is 34.3 Å². The highest BCUT2D eigenvalue weighted by Crippen LogP contribution is 2.44. The third-order valence-corrected chi connectivity index (χ3v) is 4.65. The molecule has 4 aromatic rings. The summed E-state index contributed by atoms with van der Waals surface area (Å²) in [6.45, 7) is 0.230. The molecule has 1 aliphatic rings. The molecule has 0 unspecified atom stereocenters. The Hall–Kier alpha value is -3.34. The van der Waals surface area contributed by atoms with Crippen LogP contribution in [-0.4, -0.2) is 24.0 Å². The van der Waals surface area contributed by atoms with Crippen LogP contribution in [-0.2, 0) is 0 Å². The summed E-state index contributed by atoms with van der Waals surface area (Å²) in [4.78, 5) is 3.26. The summed E-state index contributed by atoms with van der Waals surface area (Å²) in [6.07, 6.45) is 1.90. The summed E-state index contributed by atoms with van der Waals surface area (Å²) < 4.78 is 16.3. The molecule has 0 fully saturated rings. The Morgan fingerprint density at radius 2 is 1.80 bits per heavy atom. The van der Waals surface area contributed by atoms with Crippen LogP contribution in [0.15, 0.2) is 48.7 Å². The number of benzene rings is 3. The van der Waals surface area contributed by atoms with E-state index in [1.807, 2.05) is 42.6 Å². The molecule has 0 saturated carbocycles. The van der Waals surface area contributed by atoms with Crippen molar-refractivity contribution in [3.8, 4) is 34.1 Å². The van der Waals surface area contributed by atoms with Gasteiger partial charge in [-0.3, -0.25) is 0 Å². The molecule has 0 radical (unpaired) electrons. The molecule has 0 spiro atoms. The van der Waals surface area contributed by atoms with Gasteiger partial charge in [-0.05, 0) is 35.0 Å². The molecule has 5 rings (SSSR count). The fourth-order valence-electron chi connectivity index (χ4n) is 3.42. The first kappa shape index (κ1) is 14.0. The maximum Gasteiger partial charge on any atom is 0.231 e. The van der Waals surface area contributed by atoms with Crippen LogP contribution in [0.4, 0.5) is 0 Å². The molecule has 25 heavy (non-hydrogen) atoms. The van der Waals surface area contributed by atoms with Crippen LogP contribution in [0.5, 0.6) is 23.0 Å². The second-order valence-electron chi connectivity index (χ2n) is 6.00. The molecule has 0 amide bonds. The van der Waals surface area contributed by atoms with Crippen molar-refractivity contribution < 1.29 is 19.3 Å². The van der Waals surface area contributed by atoms with E-state index in [9.17, 15) is 5.11 Å². The fraction of sp³-hybridized carbons (Fsp3) is 0.100. The molecule has 0 saturated heterocycles. The highest BCUT2D eigenvalue weighted by molar-refractivity contribution is 6.08. The van der Waals surface area contributed by atoms with Crippen LogP contribution in [0.25, 0.3) is 32.8 Å². The van der Waals surface area contributed by atoms with Crippen molar-refractivity contribution in [2.75, 3.05) is 13.9 Å². The number of nitrogens with one attached hydrogen (secondary N) is 1. The number of phenols is 1. The van der Waals surface area contributed by atoms with Crippen molar-refractivity contribution in [3.05, 3.63) is 48.7 Å². The smallest absolute Gasteiger partial charge is 0.231 e. The second kappa shape index (κ2) is 5.08. The van der Waals surface area contributed by atoms with Crippen LogP contribution >= 0.6 is 0 Å². The molecule has 2 N–H and O–H groups in total. The van der Waals surface area contributed by atoms with E-state index in [0.29, 0.717) is 5.75 Å². The highest BCUT2D eigenvalue weighted by atomic mass is 16.7. The van der Waals surface area contributed by atoms with Gasteiger partial charge in [0.1, 0.15) is 11.5 Å². The van der Waals surface area contributed by atoms with Gasteiger partial charge in [-0.2, -0.15) is 0 Å². The second-order valence-corrected chi connectivity index (χ2v) is 6.00. The minimum Gasteiger partial charge on any atom is -0.507 e. The van der Waals surface area contributed by atoms with E-state index in [0.717, 1.165) is 44.3 Å². The van der Waals surface area contributed by atoms with Crippen LogP contribution in [0.3, 0.4) is 0 Å². The molecule has 0 bridgehead atoms. The first-order valence-electron chi connectivity index (χ1n) is 7.95. The quantitative estimate of drug-likeness (QED) is 0.569. The zero-order valence-corrected chi connectivity index (χ0v) is 13.5. The number of methoxy groups -OCH3 is 1. The van der Waals surface area contributed by atoms with Crippen LogP contribution in [0.2, 0.25) is 0 Å². The van der Waals surface area contributed by atoms with Crippen LogP contribution < -0.4 is 14.2 Å². The molecule has 2 heterocycles. The first-order chi connectivity index (χ1) is 12.2. The molecule has 124 valence electrons. The lowest BCUT2D eigenvalue weighted by molar-refractivity contribution is 0.174. The topological polar surface area (TPSA) is 63.7 Å². The van der Waals surface area contributed by atoms with Crippen molar-refractivity contribution >= 4 is 21.7 Å². The fourth-order valence-corrected chi connectivity index (χ4v) is 3.42. The molecular weight excluding hydrogens is 318 g/mol. The number of aromatic amines is 1. The lowest BCUT2D eigenvalue weighted by atomic mass is 9.96. The minimum atomic E-state index is 0.222. The van der Waals surface area contributed by atoms with Crippen molar-refractivity contribution in [3.63, 3.8) is 0 Å². The van der Waals surface area contributed by atoms with E-state index in [1.54, 1.807) is 13.2 Å². The Morgan fingerprint density at radius 1 is 1.00 bits per heavy atom. The predicted molar refractivity (Wildman–Crippen MR) is 95.6 cm³/mol. The molecule has 3 aromatic carbocycles. The summed E-state index contributed by atoms with van der Waals surface area (Å²) >= 11 is 0. The van der Waals surface area contributed by atoms with Crippen molar-refractivity contribution in [2.24, 2.45) is 0 Å². The van der Waals surface area contributed by atoms with Gasteiger partial charge in [0.2, 0.25) is 6.79 Å². The van der Waals surface area contributed by atoms with Crippen molar-refractivity contribution in [1.29, 1.82) is 0 Å². The van der Waals surface area contributed by atoms with Crippen molar-refractivity contribution in [2.45, 2.75) is 0 Å². The minimum absolute atomic E-state index is 0.222. The Morgan fingerprint density at radius 3 is 2.64 bits per heavy atom. The average molecular weight is 333 g/mol. The lowest BCUT2D eigenvalue weighted by Gasteiger charge is -2.10. The van der Waals surface area contributed by atoms with Gasteiger partial charge >= 0.3 is 0 Å². The SMILES string of the molecule is COc1ccc2ccc(O)c(-c3c[nH]c4cc5c(cc34)OCO5)c2c1. The van der Waals surface area contributed by atoms with Gasteiger partial charge in [0.25, 0.3) is 0 Å². The maximum absolute atomic E-state index is 10.6. The highest BCUT2D eigenvalue weighted by Gasteiger charge is 2.19. The molecule has 1 aliphatic heterocycles. The number of hydrogen-bond acceptors (Lipinski definition) is 4. The Kier molecular flexibility index (Phi) is 2.85. The van der Waals surface area contributed by atoms with E-state index < -0.39 is 0 Å². The Labute approximate surface area is 143 Å². The molecule has 5 nitrogen and oxygen atoms in total. The number of phenolic OH excluding ortho intramolecular Hbond substituents is 1. The number of ether oxygens (including phenoxy) is 3. The number of fused-ring (bicyclic) bond motifs is 3. The molecule has 0 atom stereocenters. The van der Waals surface area contributed by atoms with Gasteiger partial charge in [0.15, 0.2) is 11.5 Å². The normalized spacial score (nSPS) is 12.8. The monoisotopic (exact) mass is 333 g/mol. The summed E-state index contributed by atoms with van der Waals surface area (Å²) in [6, 6.07) is 13.3. The van der Waals surface area contributed by atoms with Gasteiger partial charge in [-0.25, -0.2) is 0 Å². The third kappa shape index (κ3) is 2.02. The van der Waals surface area contributed by atoms with E-state index >= 15 is 0 Å². The number of hydrogen-bond donors (Lipinski definition) is 2. The molecule has 0 aliphatic carbocycles. The van der Waals surface area contributed by atoms with E-state index in [1.165, 1.54) is 0 Å². The third-order valence-electron chi connectivity index (χ3n) is 4.65. The maximum atomic E-state index is 10.6. The zero-order valence-electron chi connectivity index (χ0n) is 13.5. The largest absolute Gasteiger partial charge is 0.507 e. The Bertz CT molecular complexity index is 1130. The standard InChI is InChI=1S/C20H15NO4/c1-23-12-4-2-11-3-5-17(22)20(13(11)6-12)15-9-21-16-8-19-18(7-14(15)16)24-10-25-19/h2-9,21-22H,10H2,1H3. The van der Waals surface area contributed by atoms with Crippen LogP contribution in [0, 0.1) is 0 Å². The number of rotatable bonds is 2. The number of aromatic nitrogens is 1. The molecule has 1 aromatic heterocycles. The van der Waals surface area contributed by atoms with Gasteiger partial charge in [-0.15, -0.1) is 0 Å². The summed E-state index contributed by atoms with van der Waals surface area (Å²) in [5.74, 6) is 2.41. The van der Waals surface area contributed by atoms with E-state index in [2.05, 4.69) is 4.98 Å². The van der Waals surface area contributed by atoms with Crippen LogP contribution in [0.1, 0.15) is 0 Å². The molecule has 5 heteroatoms. The zero-order chi connectivity index (χ0) is 17.0.